The molecule has 0 atom stereocenters. The highest BCUT2D eigenvalue weighted by Gasteiger charge is 2.15. The lowest BCUT2D eigenvalue weighted by molar-refractivity contribution is -0.113. The van der Waals surface area contributed by atoms with Crippen molar-refractivity contribution >= 4 is 46.0 Å². The van der Waals surface area contributed by atoms with Crippen LogP contribution in [-0.2, 0) is 4.79 Å². The van der Waals surface area contributed by atoms with Gasteiger partial charge in [-0.3, -0.25) is 9.36 Å². The minimum atomic E-state index is -0.458. The molecular formula is C22H17ClFN3O2S. The monoisotopic (exact) mass is 441 g/mol. The number of nitrogens with one attached hydrogen (secondary N) is 1. The van der Waals surface area contributed by atoms with E-state index < -0.39 is 5.82 Å². The largest absolute Gasteiger partial charge is 0.497 e. The smallest absolute Gasteiger partial charge is 0.234 e. The fraction of sp³-hybridized carbons (Fsp3) is 0.0909. The Labute approximate surface area is 181 Å². The molecule has 0 saturated carbocycles. The van der Waals surface area contributed by atoms with Gasteiger partial charge in [0.05, 0.1) is 34.6 Å². The summed E-state index contributed by atoms with van der Waals surface area (Å²) >= 11 is 7.29. The molecular weight excluding hydrogens is 425 g/mol. The first-order chi connectivity index (χ1) is 14.5. The van der Waals surface area contributed by atoms with Crippen LogP contribution in [0.25, 0.3) is 16.7 Å². The lowest BCUT2D eigenvalue weighted by atomic mass is 10.2. The number of carbonyl (C=O) groups is 1. The van der Waals surface area contributed by atoms with Gasteiger partial charge in [-0.2, -0.15) is 0 Å². The number of fused-ring (bicyclic) bond motifs is 1. The second-order valence-corrected chi connectivity index (χ2v) is 7.73. The van der Waals surface area contributed by atoms with Gasteiger partial charge in [0.2, 0.25) is 5.91 Å². The Morgan fingerprint density at radius 2 is 1.93 bits per heavy atom. The molecule has 0 fully saturated rings. The van der Waals surface area contributed by atoms with Crippen LogP contribution < -0.4 is 10.1 Å². The van der Waals surface area contributed by atoms with Crippen molar-refractivity contribution in [1.29, 1.82) is 0 Å². The number of methoxy groups -OCH3 is 1. The summed E-state index contributed by atoms with van der Waals surface area (Å²) < 4.78 is 20.4. The average Bonchev–Trinajstić information content (AvgIpc) is 3.13. The molecule has 8 heteroatoms. The number of amides is 1. The molecule has 1 aromatic heterocycles. The van der Waals surface area contributed by atoms with E-state index >= 15 is 0 Å². The van der Waals surface area contributed by atoms with E-state index in [0.717, 1.165) is 28.5 Å². The maximum atomic E-state index is 13.2. The fourth-order valence-electron chi connectivity index (χ4n) is 2.99. The Bertz CT molecular complexity index is 1210. The topological polar surface area (TPSA) is 56.1 Å². The third-order valence-electron chi connectivity index (χ3n) is 4.40. The second-order valence-electron chi connectivity index (χ2n) is 6.38. The lowest BCUT2D eigenvalue weighted by Crippen LogP contribution is -2.15. The first-order valence-electron chi connectivity index (χ1n) is 9.05. The maximum Gasteiger partial charge on any atom is 0.234 e. The molecule has 4 rings (SSSR count). The van der Waals surface area contributed by atoms with E-state index in [9.17, 15) is 9.18 Å². The predicted octanol–water partition coefficient (Wildman–Crippen LogP) is 5.56. The van der Waals surface area contributed by atoms with Crippen LogP contribution in [0.5, 0.6) is 5.75 Å². The van der Waals surface area contributed by atoms with Crippen molar-refractivity contribution in [3.05, 3.63) is 77.6 Å². The molecule has 0 spiro atoms. The quantitative estimate of drug-likeness (QED) is 0.398. The van der Waals surface area contributed by atoms with Crippen LogP contribution in [0.3, 0.4) is 0 Å². The van der Waals surface area contributed by atoms with Crippen LogP contribution >= 0.6 is 23.4 Å². The van der Waals surface area contributed by atoms with Crippen molar-refractivity contribution in [3.63, 3.8) is 0 Å². The minimum absolute atomic E-state index is 0.118. The SMILES string of the molecule is COc1ccc(-n2c(SCC(=O)Nc3ccc(F)cc3Cl)nc3ccccc32)cc1. The molecule has 0 aliphatic rings. The number of ether oxygens (including phenoxy) is 1. The molecule has 1 heterocycles. The molecule has 1 N–H and O–H groups in total. The minimum Gasteiger partial charge on any atom is -0.497 e. The predicted molar refractivity (Wildman–Crippen MR) is 118 cm³/mol. The molecule has 3 aromatic carbocycles. The first kappa shape index (κ1) is 20.3. The second kappa shape index (κ2) is 8.77. The zero-order valence-electron chi connectivity index (χ0n) is 15.9. The fourth-order valence-corrected chi connectivity index (χ4v) is 4.03. The number of halogens is 2. The Morgan fingerprint density at radius 3 is 2.67 bits per heavy atom. The van der Waals surface area contributed by atoms with Gasteiger partial charge in [0.15, 0.2) is 5.16 Å². The molecule has 30 heavy (non-hydrogen) atoms. The summed E-state index contributed by atoms with van der Waals surface area (Å²) in [5.74, 6) is 0.156. The molecule has 0 aliphatic carbocycles. The van der Waals surface area contributed by atoms with Crippen LogP contribution in [0.2, 0.25) is 5.02 Å². The van der Waals surface area contributed by atoms with E-state index in [1.807, 2.05) is 53.1 Å². The van der Waals surface area contributed by atoms with Gasteiger partial charge in [0, 0.05) is 5.69 Å². The normalized spacial score (nSPS) is 10.9. The summed E-state index contributed by atoms with van der Waals surface area (Å²) in [6.45, 7) is 0. The molecule has 0 bridgehead atoms. The van der Waals surface area contributed by atoms with E-state index in [-0.39, 0.29) is 16.7 Å². The lowest BCUT2D eigenvalue weighted by Gasteiger charge is -2.10. The molecule has 0 radical (unpaired) electrons. The maximum absolute atomic E-state index is 13.2. The molecule has 5 nitrogen and oxygen atoms in total. The molecule has 1 amide bonds. The van der Waals surface area contributed by atoms with Gasteiger partial charge in [-0.15, -0.1) is 0 Å². The van der Waals surface area contributed by atoms with Crippen molar-refractivity contribution in [2.45, 2.75) is 5.16 Å². The van der Waals surface area contributed by atoms with Gasteiger partial charge in [-0.05, 0) is 54.6 Å². The zero-order chi connectivity index (χ0) is 21.1. The Balaban J connectivity index is 1.58. The van der Waals surface area contributed by atoms with Gasteiger partial charge < -0.3 is 10.1 Å². The Hall–Kier alpha value is -3.03. The summed E-state index contributed by atoms with van der Waals surface area (Å²) in [5.41, 5.74) is 3.05. The number of benzene rings is 3. The average molecular weight is 442 g/mol. The van der Waals surface area contributed by atoms with Crippen LogP contribution in [0.4, 0.5) is 10.1 Å². The van der Waals surface area contributed by atoms with Gasteiger partial charge in [0.1, 0.15) is 11.6 Å². The third-order valence-corrected chi connectivity index (χ3v) is 5.65. The molecule has 0 unspecified atom stereocenters. The summed E-state index contributed by atoms with van der Waals surface area (Å²) in [6.07, 6.45) is 0. The summed E-state index contributed by atoms with van der Waals surface area (Å²) in [7, 11) is 1.62. The summed E-state index contributed by atoms with van der Waals surface area (Å²) in [6, 6.07) is 19.3. The van der Waals surface area contributed by atoms with Crippen molar-refractivity contribution in [2.75, 3.05) is 18.2 Å². The van der Waals surface area contributed by atoms with Crippen molar-refractivity contribution in [3.8, 4) is 11.4 Å². The number of carbonyl (C=O) groups excluding carboxylic acids is 1. The Kier molecular flexibility index (Phi) is 5.92. The van der Waals surface area contributed by atoms with E-state index in [2.05, 4.69) is 10.3 Å². The zero-order valence-corrected chi connectivity index (χ0v) is 17.5. The molecule has 152 valence electrons. The van der Waals surface area contributed by atoms with Crippen molar-refractivity contribution in [2.24, 2.45) is 0 Å². The number of thioether (sulfide) groups is 1. The highest BCUT2D eigenvalue weighted by Crippen LogP contribution is 2.29. The van der Waals surface area contributed by atoms with Gasteiger partial charge >= 0.3 is 0 Å². The first-order valence-corrected chi connectivity index (χ1v) is 10.4. The number of para-hydroxylation sites is 2. The number of rotatable bonds is 6. The number of hydrogen-bond donors (Lipinski definition) is 1. The molecule has 4 aromatic rings. The van der Waals surface area contributed by atoms with Gasteiger partial charge in [-0.25, -0.2) is 9.37 Å². The molecule has 0 saturated heterocycles. The van der Waals surface area contributed by atoms with Gasteiger partial charge in [0.25, 0.3) is 0 Å². The van der Waals surface area contributed by atoms with Crippen LogP contribution in [-0.4, -0.2) is 28.3 Å². The standard InChI is InChI=1S/C22H17ClFN3O2S/c1-29-16-9-7-15(8-10-16)27-20-5-3-2-4-19(20)26-22(27)30-13-21(28)25-18-11-6-14(24)12-17(18)23/h2-12H,13H2,1H3,(H,25,28). The number of imidazole rings is 1. The van der Waals surface area contributed by atoms with E-state index in [1.165, 1.54) is 23.9 Å². The highest BCUT2D eigenvalue weighted by molar-refractivity contribution is 7.99. The van der Waals surface area contributed by atoms with Crippen LogP contribution in [0.15, 0.2) is 71.9 Å². The van der Waals surface area contributed by atoms with E-state index in [4.69, 9.17) is 16.3 Å². The Morgan fingerprint density at radius 1 is 1.17 bits per heavy atom. The van der Waals surface area contributed by atoms with Crippen molar-refractivity contribution < 1.29 is 13.9 Å². The summed E-state index contributed by atoms with van der Waals surface area (Å²) in [4.78, 5) is 17.1. The molecule has 0 aliphatic heterocycles. The van der Waals surface area contributed by atoms with Crippen LogP contribution in [0.1, 0.15) is 0 Å². The van der Waals surface area contributed by atoms with Crippen LogP contribution in [0, 0.1) is 5.82 Å². The number of hydrogen-bond acceptors (Lipinski definition) is 4. The number of aromatic nitrogens is 2. The van der Waals surface area contributed by atoms with E-state index in [1.54, 1.807) is 7.11 Å². The summed E-state index contributed by atoms with van der Waals surface area (Å²) in [5, 5.41) is 3.54. The van der Waals surface area contributed by atoms with E-state index in [0.29, 0.717) is 10.8 Å². The highest BCUT2D eigenvalue weighted by atomic mass is 35.5. The number of nitrogens with zero attached hydrogens (tertiary/aromatic N) is 2. The third kappa shape index (κ3) is 4.27. The van der Waals surface area contributed by atoms with Crippen molar-refractivity contribution in [1.82, 2.24) is 9.55 Å². The number of anilines is 1. The van der Waals surface area contributed by atoms with Gasteiger partial charge in [-0.1, -0.05) is 35.5 Å².